The third-order valence-electron chi connectivity index (χ3n) is 4.56. The Labute approximate surface area is 156 Å². The van der Waals surface area contributed by atoms with Gasteiger partial charge in [-0.3, -0.25) is 25.2 Å². The first-order valence-electron chi connectivity index (χ1n) is 8.53. The van der Waals surface area contributed by atoms with Crippen LogP contribution in [0.25, 0.3) is 0 Å². The second-order valence-electron chi connectivity index (χ2n) is 6.57. The molecular weight excluding hydrogens is 372 g/mol. The third-order valence-corrected chi connectivity index (χ3v) is 6.31. The lowest BCUT2D eigenvalue weighted by Crippen LogP contribution is -2.48. The fourth-order valence-electron chi connectivity index (χ4n) is 3.07. The SMILES string of the molecule is Cc1ccccc1C(=O)NNC(=O)C1=NN(C2CCS(=O)(=O)C2)C(=O)CC1. The van der Waals surface area contributed by atoms with E-state index >= 15 is 0 Å². The average molecular weight is 392 g/mol. The van der Waals surface area contributed by atoms with Gasteiger partial charge in [0.1, 0.15) is 5.71 Å². The number of nitrogens with one attached hydrogen (secondary N) is 2. The number of hydrazone groups is 1. The van der Waals surface area contributed by atoms with Gasteiger partial charge in [-0.2, -0.15) is 5.10 Å². The summed E-state index contributed by atoms with van der Waals surface area (Å²) in [5.41, 5.74) is 5.88. The van der Waals surface area contributed by atoms with Gasteiger partial charge in [-0.15, -0.1) is 0 Å². The summed E-state index contributed by atoms with van der Waals surface area (Å²) < 4.78 is 23.3. The standard InChI is InChI=1S/C17H20N4O5S/c1-11-4-2-3-5-13(11)16(23)18-19-17(24)14-6-7-15(22)21(20-14)12-8-9-27(25,26)10-12/h2-5,12H,6-10H2,1H3,(H,18,23)(H,19,24). The van der Waals surface area contributed by atoms with E-state index in [0.717, 1.165) is 10.6 Å². The predicted octanol–water partition coefficient (Wildman–Crippen LogP) is -0.0785. The number of hydrazine groups is 1. The largest absolute Gasteiger partial charge is 0.285 e. The minimum Gasteiger partial charge on any atom is -0.273 e. The van der Waals surface area contributed by atoms with E-state index in [1.807, 2.05) is 0 Å². The number of aryl methyl sites for hydroxylation is 1. The number of rotatable bonds is 3. The van der Waals surface area contributed by atoms with Crippen LogP contribution in [0, 0.1) is 6.92 Å². The fourth-order valence-corrected chi connectivity index (χ4v) is 4.76. The maximum atomic E-state index is 12.3. The number of sulfone groups is 1. The highest BCUT2D eigenvalue weighted by atomic mass is 32.2. The summed E-state index contributed by atoms with van der Waals surface area (Å²) in [4.78, 5) is 36.5. The zero-order chi connectivity index (χ0) is 19.6. The Morgan fingerprint density at radius 1 is 1.15 bits per heavy atom. The maximum absolute atomic E-state index is 12.3. The van der Waals surface area contributed by atoms with E-state index in [1.54, 1.807) is 31.2 Å². The summed E-state index contributed by atoms with van der Waals surface area (Å²) in [6.45, 7) is 1.78. The van der Waals surface area contributed by atoms with Crippen LogP contribution in [0.5, 0.6) is 0 Å². The van der Waals surface area contributed by atoms with Crippen molar-refractivity contribution in [3.05, 3.63) is 35.4 Å². The molecule has 3 amide bonds. The summed E-state index contributed by atoms with van der Waals surface area (Å²) in [5, 5.41) is 5.15. The molecule has 2 aliphatic rings. The quantitative estimate of drug-likeness (QED) is 0.696. The van der Waals surface area contributed by atoms with E-state index in [-0.39, 0.29) is 36.0 Å². The van der Waals surface area contributed by atoms with Crippen molar-refractivity contribution in [2.24, 2.45) is 5.10 Å². The molecule has 0 radical (unpaired) electrons. The molecular formula is C17H20N4O5S. The summed E-state index contributed by atoms with van der Waals surface area (Å²) in [5.74, 6) is -1.55. The molecule has 0 saturated carbocycles. The van der Waals surface area contributed by atoms with Crippen LogP contribution in [0.4, 0.5) is 0 Å². The van der Waals surface area contributed by atoms with Crippen LogP contribution in [0.3, 0.4) is 0 Å². The van der Waals surface area contributed by atoms with E-state index < -0.39 is 27.7 Å². The normalized spacial score (nSPS) is 21.5. The molecule has 1 atom stereocenters. The molecule has 3 rings (SSSR count). The van der Waals surface area contributed by atoms with Gasteiger partial charge in [0.15, 0.2) is 9.84 Å². The highest BCUT2D eigenvalue weighted by Gasteiger charge is 2.37. The number of nitrogens with zero attached hydrogens (tertiary/aromatic N) is 2. The minimum atomic E-state index is -3.18. The zero-order valence-corrected chi connectivity index (χ0v) is 15.6. The Bertz CT molecular complexity index is 925. The van der Waals surface area contributed by atoms with Crippen molar-refractivity contribution in [1.29, 1.82) is 0 Å². The lowest BCUT2D eigenvalue weighted by Gasteiger charge is -2.27. The number of carbonyl (C=O) groups excluding carboxylic acids is 3. The summed E-state index contributed by atoms with van der Waals surface area (Å²) in [6, 6.07) is 6.38. The van der Waals surface area contributed by atoms with Crippen LogP contribution < -0.4 is 10.9 Å². The van der Waals surface area contributed by atoms with Gasteiger partial charge >= 0.3 is 0 Å². The van der Waals surface area contributed by atoms with Crippen molar-refractivity contribution >= 4 is 33.3 Å². The summed E-state index contributed by atoms with van der Waals surface area (Å²) >= 11 is 0. The molecule has 0 aliphatic carbocycles. The lowest BCUT2D eigenvalue weighted by molar-refractivity contribution is -0.133. The molecule has 1 aromatic rings. The predicted molar refractivity (Wildman–Crippen MR) is 97.4 cm³/mol. The third kappa shape index (κ3) is 4.33. The number of hydrogen-bond acceptors (Lipinski definition) is 6. The van der Waals surface area contributed by atoms with Crippen molar-refractivity contribution in [3.8, 4) is 0 Å². The lowest BCUT2D eigenvalue weighted by atomic mass is 10.1. The van der Waals surface area contributed by atoms with Crippen LogP contribution in [0.15, 0.2) is 29.4 Å². The van der Waals surface area contributed by atoms with Crippen LogP contribution in [0.1, 0.15) is 35.2 Å². The van der Waals surface area contributed by atoms with Gasteiger partial charge < -0.3 is 0 Å². The van der Waals surface area contributed by atoms with Gasteiger partial charge in [0.2, 0.25) is 5.91 Å². The van der Waals surface area contributed by atoms with E-state index in [4.69, 9.17) is 0 Å². The fraction of sp³-hybridized carbons (Fsp3) is 0.412. The number of carbonyl (C=O) groups is 3. The molecule has 0 aromatic heterocycles. The molecule has 0 spiro atoms. The Morgan fingerprint density at radius 2 is 1.85 bits per heavy atom. The summed E-state index contributed by atoms with van der Waals surface area (Å²) in [7, 11) is -3.18. The van der Waals surface area contributed by atoms with Gasteiger partial charge in [-0.1, -0.05) is 18.2 Å². The second kappa shape index (κ2) is 7.47. The zero-order valence-electron chi connectivity index (χ0n) is 14.8. The van der Waals surface area contributed by atoms with Crippen molar-refractivity contribution in [1.82, 2.24) is 15.9 Å². The van der Waals surface area contributed by atoms with E-state index in [9.17, 15) is 22.8 Å². The molecule has 1 fully saturated rings. The first-order chi connectivity index (χ1) is 12.8. The first kappa shape index (κ1) is 19.0. The smallest absolute Gasteiger partial charge is 0.273 e. The molecule has 10 heteroatoms. The van der Waals surface area contributed by atoms with Gasteiger partial charge in [0.05, 0.1) is 17.5 Å². The van der Waals surface area contributed by atoms with Crippen molar-refractivity contribution < 1.29 is 22.8 Å². The highest BCUT2D eigenvalue weighted by Crippen LogP contribution is 2.22. The minimum absolute atomic E-state index is 0.00494. The molecule has 144 valence electrons. The number of benzene rings is 1. The molecule has 1 unspecified atom stereocenters. The van der Waals surface area contributed by atoms with Crippen molar-refractivity contribution in [2.75, 3.05) is 11.5 Å². The molecule has 0 bridgehead atoms. The molecule has 2 aliphatic heterocycles. The second-order valence-corrected chi connectivity index (χ2v) is 8.79. The Kier molecular flexibility index (Phi) is 5.26. The Hall–Kier alpha value is -2.75. The first-order valence-corrected chi connectivity index (χ1v) is 10.4. The van der Waals surface area contributed by atoms with Crippen LogP contribution in [-0.2, 0) is 19.4 Å². The van der Waals surface area contributed by atoms with Gasteiger partial charge in [-0.05, 0) is 25.0 Å². The topological polar surface area (TPSA) is 125 Å². The summed E-state index contributed by atoms with van der Waals surface area (Å²) in [6.07, 6.45) is 0.492. The van der Waals surface area contributed by atoms with Crippen molar-refractivity contribution in [3.63, 3.8) is 0 Å². The monoisotopic (exact) mass is 392 g/mol. The molecule has 1 saturated heterocycles. The van der Waals surface area contributed by atoms with Gasteiger partial charge in [-0.25, -0.2) is 13.4 Å². The van der Waals surface area contributed by atoms with E-state index in [1.165, 1.54) is 0 Å². The molecule has 9 nitrogen and oxygen atoms in total. The maximum Gasteiger partial charge on any atom is 0.285 e. The Balaban J connectivity index is 1.65. The molecule has 27 heavy (non-hydrogen) atoms. The Morgan fingerprint density at radius 3 is 2.52 bits per heavy atom. The van der Waals surface area contributed by atoms with Crippen LogP contribution in [-0.4, -0.2) is 54.4 Å². The van der Waals surface area contributed by atoms with Crippen LogP contribution in [0.2, 0.25) is 0 Å². The molecule has 1 aromatic carbocycles. The van der Waals surface area contributed by atoms with Gasteiger partial charge in [0.25, 0.3) is 11.8 Å². The molecule has 2 N–H and O–H groups in total. The average Bonchev–Trinajstić information content (AvgIpc) is 3.00. The number of amides is 3. The van der Waals surface area contributed by atoms with E-state index in [2.05, 4.69) is 16.0 Å². The van der Waals surface area contributed by atoms with Crippen molar-refractivity contribution in [2.45, 2.75) is 32.2 Å². The van der Waals surface area contributed by atoms with Gasteiger partial charge in [0, 0.05) is 18.4 Å². The van der Waals surface area contributed by atoms with Crippen LogP contribution >= 0.6 is 0 Å². The van der Waals surface area contributed by atoms with E-state index in [0.29, 0.717) is 12.0 Å². The molecule has 2 heterocycles. The highest BCUT2D eigenvalue weighted by molar-refractivity contribution is 7.91. The number of hydrogen-bond donors (Lipinski definition) is 2.